The van der Waals surface area contributed by atoms with Crippen LogP contribution in [-0.4, -0.2) is 60.1 Å². The molecule has 1 N–H and O–H groups in total. The second-order valence-corrected chi connectivity index (χ2v) is 8.18. The van der Waals surface area contributed by atoms with Crippen LogP contribution >= 0.6 is 0 Å². The SMILES string of the molecule is C[C@@]1(CCc2ccccc2)NC(=O)N(CN2CCN(c3ccccc3F)CC2)C1=O. The first kappa shape index (κ1) is 20.3. The van der Waals surface area contributed by atoms with Crippen molar-refractivity contribution < 1.29 is 14.0 Å². The zero-order valence-electron chi connectivity index (χ0n) is 17.2. The molecule has 158 valence electrons. The molecular formula is C23H27FN4O2. The number of para-hydroxylation sites is 1. The van der Waals surface area contributed by atoms with Crippen molar-refractivity contribution in [3.05, 3.63) is 66.0 Å². The van der Waals surface area contributed by atoms with E-state index in [0.29, 0.717) is 38.3 Å². The first-order valence-electron chi connectivity index (χ1n) is 10.4. The summed E-state index contributed by atoms with van der Waals surface area (Å²) in [6.45, 7) is 4.67. The summed E-state index contributed by atoms with van der Waals surface area (Å²) in [4.78, 5) is 30.9. The Morgan fingerprint density at radius 2 is 1.63 bits per heavy atom. The van der Waals surface area contributed by atoms with Crippen LogP contribution in [0.4, 0.5) is 14.9 Å². The minimum atomic E-state index is -0.887. The predicted molar refractivity (Wildman–Crippen MR) is 114 cm³/mol. The van der Waals surface area contributed by atoms with Crippen LogP contribution in [0.1, 0.15) is 18.9 Å². The number of halogens is 1. The fourth-order valence-corrected chi connectivity index (χ4v) is 4.12. The third-order valence-corrected chi connectivity index (χ3v) is 6.01. The molecule has 7 heteroatoms. The normalized spacial score (nSPS) is 22.5. The number of imide groups is 1. The van der Waals surface area contributed by atoms with Crippen LogP contribution in [0, 0.1) is 5.82 Å². The van der Waals surface area contributed by atoms with E-state index in [-0.39, 0.29) is 24.4 Å². The van der Waals surface area contributed by atoms with Gasteiger partial charge in [-0.2, -0.15) is 0 Å². The number of rotatable bonds is 6. The number of anilines is 1. The molecule has 2 saturated heterocycles. The Bertz CT molecular complexity index is 914. The van der Waals surface area contributed by atoms with Crippen molar-refractivity contribution in [1.29, 1.82) is 0 Å². The Labute approximate surface area is 176 Å². The van der Waals surface area contributed by atoms with Crippen LogP contribution in [0.3, 0.4) is 0 Å². The lowest BCUT2D eigenvalue weighted by molar-refractivity contribution is -0.132. The maximum Gasteiger partial charge on any atom is 0.326 e. The molecular weight excluding hydrogens is 383 g/mol. The molecule has 1 atom stereocenters. The lowest BCUT2D eigenvalue weighted by Gasteiger charge is -2.37. The van der Waals surface area contributed by atoms with E-state index in [1.807, 2.05) is 41.3 Å². The molecule has 2 fully saturated rings. The highest BCUT2D eigenvalue weighted by molar-refractivity contribution is 6.06. The Morgan fingerprint density at radius 1 is 0.967 bits per heavy atom. The lowest BCUT2D eigenvalue weighted by Crippen LogP contribution is -2.52. The van der Waals surface area contributed by atoms with E-state index in [4.69, 9.17) is 0 Å². The number of benzene rings is 2. The number of carbonyl (C=O) groups is 2. The number of hydrogen-bond donors (Lipinski definition) is 1. The second-order valence-electron chi connectivity index (χ2n) is 8.18. The standard InChI is InChI=1S/C23H27FN4O2/c1-23(12-11-18-7-3-2-4-8-18)21(29)28(22(30)25-23)17-26-13-15-27(16-14-26)20-10-6-5-9-19(20)24/h2-10H,11-17H2,1H3,(H,25,30)/t23-/m0/s1. The summed E-state index contributed by atoms with van der Waals surface area (Å²) in [6, 6.07) is 16.4. The van der Waals surface area contributed by atoms with Crippen LogP contribution in [0.15, 0.2) is 54.6 Å². The fourth-order valence-electron chi connectivity index (χ4n) is 4.12. The van der Waals surface area contributed by atoms with Crippen molar-refractivity contribution in [1.82, 2.24) is 15.1 Å². The maximum absolute atomic E-state index is 14.0. The van der Waals surface area contributed by atoms with Gasteiger partial charge in [0.2, 0.25) is 0 Å². The lowest BCUT2D eigenvalue weighted by atomic mass is 9.93. The first-order valence-corrected chi connectivity index (χ1v) is 10.4. The minimum Gasteiger partial charge on any atom is -0.367 e. The molecule has 2 aliphatic rings. The average Bonchev–Trinajstić information content (AvgIpc) is 2.97. The molecule has 0 aromatic heterocycles. The molecule has 6 nitrogen and oxygen atoms in total. The Hall–Kier alpha value is -2.93. The molecule has 2 aromatic rings. The molecule has 2 heterocycles. The van der Waals surface area contributed by atoms with Gasteiger partial charge in [0.1, 0.15) is 11.4 Å². The minimum absolute atomic E-state index is 0.181. The highest BCUT2D eigenvalue weighted by Crippen LogP contribution is 2.25. The quantitative estimate of drug-likeness (QED) is 0.744. The number of carbonyl (C=O) groups excluding carboxylic acids is 2. The number of urea groups is 1. The largest absolute Gasteiger partial charge is 0.367 e. The third-order valence-electron chi connectivity index (χ3n) is 6.01. The molecule has 0 unspecified atom stereocenters. The number of amides is 3. The number of aryl methyl sites for hydroxylation is 1. The maximum atomic E-state index is 14.0. The van der Waals surface area contributed by atoms with E-state index in [1.165, 1.54) is 11.0 Å². The molecule has 2 aromatic carbocycles. The molecule has 0 spiro atoms. The van der Waals surface area contributed by atoms with Gasteiger partial charge >= 0.3 is 6.03 Å². The van der Waals surface area contributed by atoms with Crippen LogP contribution in [0.5, 0.6) is 0 Å². The summed E-state index contributed by atoms with van der Waals surface area (Å²) < 4.78 is 14.0. The van der Waals surface area contributed by atoms with Gasteiger partial charge in [-0.1, -0.05) is 42.5 Å². The van der Waals surface area contributed by atoms with Gasteiger partial charge in [-0.3, -0.25) is 9.69 Å². The number of nitrogens with zero attached hydrogens (tertiary/aromatic N) is 3. The molecule has 0 bridgehead atoms. The van der Waals surface area contributed by atoms with Gasteiger partial charge in [-0.15, -0.1) is 0 Å². The van der Waals surface area contributed by atoms with Crippen LogP contribution in [0.2, 0.25) is 0 Å². The Kier molecular flexibility index (Phi) is 5.72. The van der Waals surface area contributed by atoms with Crippen molar-refractivity contribution in [2.24, 2.45) is 0 Å². The first-order chi connectivity index (χ1) is 14.5. The molecule has 4 rings (SSSR count). The van der Waals surface area contributed by atoms with Crippen LogP contribution < -0.4 is 10.2 Å². The molecule has 0 saturated carbocycles. The summed E-state index contributed by atoms with van der Waals surface area (Å²) in [6.07, 6.45) is 1.28. The fraction of sp³-hybridized carbons (Fsp3) is 0.391. The van der Waals surface area contributed by atoms with Gasteiger partial charge in [-0.25, -0.2) is 14.1 Å². The molecule has 30 heavy (non-hydrogen) atoms. The summed E-state index contributed by atoms with van der Waals surface area (Å²) in [5, 5.41) is 2.88. The van der Waals surface area contributed by atoms with Crippen molar-refractivity contribution in [2.45, 2.75) is 25.3 Å². The van der Waals surface area contributed by atoms with Gasteiger partial charge in [-0.05, 0) is 37.5 Å². The van der Waals surface area contributed by atoms with Gasteiger partial charge in [0.05, 0.1) is 12.4 Å². The summed E-state index contributed by atoms with van der Waals surface area (Å²) in [7, 11) is 0. The topological polar surface area (TPSA) is 55.9 Å². The smallest absolute Gasteiger partial charge is 0.326 e. The molecule has 0 aliphatic carbocycles. The van der Waals surface area contributed by atoms with Gasteiger partial charge in [0.15, 0.2) is 0 Å². The van der Waals surface area contributed by atoms with Crippen molar-refractivity contribution in [3.63, 3.8) is 0 Å². The Balaban J connectivity index is 1.33. The predicted octanol–water partition coefficient (Wildman–Crippen LogP) is 2.85. The van der Waals surface area contributed by atoms with E-state index < -0.39 is 5.54 Å². The van der Waals surface area contributed by atoms with E-state index in [9.17, 15) is 14.0 Å². The van der Waals surface area contributed by atoms with Crippen molar-refractivity contribution in [3.8, 4) is 0 Å². The van der Waals surface area contributed by atoms with E-state index in [2.05, 4.69) is 10.2 Å². The van der Waals surface area contributed by atoms with Gasteiger partial charge < -0.3 is 10.2 Å². The zero-order chi connectivity index (χ0) is 21.1. The zero-order valence-corrected chi connectivity index (χ0v) is 17.2. The molecule has 0 radical (unpaired) electrons. The van der Waals surface area contributed by atoms with Crippen molar-refractivity contribution in [2.75, 3.05) is 37.7 Å². The van der Waals surface area contributed by atoms with Gasteiger partial charge in [0, 0.05) is 26.2 Å². The summed E-state index contributed by atoms with van der Waals surface area (Å²) in [5.74, 6) is -0.408. The highest BCUT2D eigenvalue weighted by atomic mass is 19.1. The number of hydrogen-bond acceptors (Lipinski definition) is 4. The van der Waals surface area contributed by atoms with E-state index in [1.54, 1.807) is 19.1 Å². The highest BCUT2D eigenvalue weighted by Gasteiger charge is 2.47. The average molecular weight is 410 g/mol. The summed E-state index contributed by atoms with van der Waals surface area (Å²) in [5.41, 5.74) is 0.853. The number of nitrogens with one attached hydrogen (secondary N) is 1. The summed E-state index contributed by atoms with van der Waals surface area (Å²) >= 11 is 0. The Morgan fingerprint density at radius 3 is 2.33 bits per heavy atom. The van der Waals surface area contributed by atoms with E-state index in [0.717, 1.165) is 12.0 Å². The van der Waals surface area contributed by atoms with Crippen molar-refractivity contribution >= 4 is 17.6 Å². The second kappa shape index (κ2) is 8.44. The van der Waals surface area contributed by atoms with Gasteiger partial charge in [0.25, 0.3) is 5.91 Å². The molecule has 3 amide bonds. The monoisotopic (exact) mass is 410 g/mol. The van der Waals surface area contributed by atoms with E-state index >= 15 is 0 Å². The molecule has 2 aliphatic heterocycles. The van der Waals surface area contributed by atoms with Crippen LogP contribution in [0.25, 0.3) is 0 Å². The number of piperazine rings is 1. The third kappa shape index (κ3) is 4.16. The van der Waals surface area contributed by atoms with Crippen LogP contribution in [-0.2, 0) is 11.2 Å².